The van der Waals surface area contributed by atoms with Crippen LogP contribution in [0.1, 0.15) is 0 Å². The summed E-state index contributed by atoms with van der Waals surface area (Å²) in [6.45, 7) is 0. The molecule has 0 saturated carbocycles. The third kappa shape index (κ3) is 2.97. The molecule has 0 aliphatic heterocycles. The minimum atomic E-state index is -2.61. The van der Waals surface area contributed by atoms with E-state index >= 15 is 0 Å². The van der Waals surface area contributed by atoms with E-state index in [1.165, 1.54) is 37.4 Å². The molecule has 4 aromatic carbocycles. The van der Waals surface area contributed by atoms with Gasteiger partial charge < -0.3 is 4.57 Å². The molecule has 0 atom stereocenters. The first-order valence-electron chi connectivity index (χ1n) is 11.3. The van der Waals surface area contributed by atoms with E-state index in [0.717, 1.165) is 5.32 Å². The lowest BCUT2D eigenvalue weighted by Crippen LogP contribution is -2.75. The van der Waals surface area contributed by atoms with Gasteiger partial charge in [-0.15, -0.1) is 0 Å². The zero-order chi connectivity index (χ0) is 22.3. The number of pyridine rings is 1. The van der Waals surface area contributed by atoms with Crippen molar-refractivity contribution in [3.63, 3.8) is 0 Å². The van der Waals surface area contributed by atoms with Crippen molar-refractivity contribution in [2.45, 2.75) is 0 Å². The molecule has 0 fully saturated rings. The lowest BCUT2D eigenvalue weighted by molar-refractivity contribution is 1.01. The molecule has 0 unspecified atom stereocenters. The highest BCUT2D eigenvalue weighted by Crippen LogP contribution is 2.27. The number of rotatable bonds is 4. The van der Waals surface area contributed by atoms with Crippen molar-refractivity contribution in [2.24, 2.45) is 7.05 Å². The largest absolute Gasteiger partial charge is 0.344 e. The average molecular weight is 441 g/mol. The van der Waals surface area contributed by atoms with Crippen LogP contribution in [0.2, 0.25) is 0 Å². The fourth-order valence-electron chi connectivity index (χ4n) is 5.27. The number of para-hydroxylation sites is 1. The van der Waals surface area contributed by atoms with Gasteiger partial charge in [-0.05, 0) is 27.7 Å². The van der Waals surface area contributed by atoms with Gasteiger partial charge in [-0.2, -0.15) is 0 Å². The normalized spacial score (nSPS) is 11.8. The minimum Gasteiger partial charge on any atom is -0.344 e. The monoisotopic (exact) mass is 440 g/mol. The summed E-state index contributed by atoms with van der Waals surface area (Å²) in [6, 6.07) is 43.8. The summed E-state index contributed by atoms with van der Waals surface area (Å²) in [6.07, 6.45) is 2.09. The molecular weight excluding hydrogens is 416 g/mol. The van der Waals surface area contributed by atoms with E-state index < -0.39 is 8.07 Å². The minimum absolute atomic E-state index is 1.16. The molecule has 3 heteroatoms. The Morgan fingerprint density at radius 1 is 0.545 bits per heavy atom. The van der Waals surface area contributed by atoms with E-state index in [4.69, 9.17) is 4.98 Å². The van der Waals surface area contributed by atoms with Crippen LogP contribution in [0, 0.1) is 0 Å². The van der Waals surface area contributed by atoms with Gasteiger partial charge in [0.2, 0.25) is 8.07 Å². The first-order valence-corrected chi connectivity index (χ1v) is 13.3. The maximum atomic E-state index is 5.22. The van der Waals surface area contributed by atoms with Gasteiger partial charge in [0, 0.05) is 34.9 Å². The van der Waals surface area contributed by atoms with Crippen molar-refractivity contribution in [3.05, 3.63) is 128 Å². The van der Waals surface area contributed by atoms with Crippen molar-refractivity contribution in [1.82, 2.24) is 9.55 Å². The predicted octanol–water partition coefficient (Wildman–Crippen LogP) is 4.10. The van der Waals surface area contributed by atoms with E-state index in [1.54, 1.807) is 0 Å². The Morgan fingerprint density at radius 3 is 1.58 bits per heavy atom. The van der Waals surface area contributed by atoms with Crippen molar-refractivity contribution < 1.29 is 0 Å². The van der Waals surface area contributed by atoms with Gasteiger partial charge >= 0.3 is 0 Å². The Bertz CT molecular complexity index is 1460. The Hall–Kier alpha value is -3.95. The van der Waals surface area contributed by atoms with E-state index in [-0.39, 0.29) is 0 Å². The Balaban J connectivity index is 1.76. The molecule has 33 heavy (non-hydrogen) atoms. The van der Waals surface area contributed by atoms with E-state index in [0.29, 0.717) is 0 Å². The number of hydrogen-bond donors (Lipinski definition) is 0. The van der Waals surface area contributed by atoms with Crippen LogP contribution in [0.3, 0.4) is 0 Å². The number of aromatic nitrogens is 2. The van der Waals surface area contributed by atoms with Crippen LogP contribution < -0.4 is 20.9 Å². The zero-order valence-corrected chi connectivity index (χ0v) is 19.5. The van der Waals surface area contributed by atoms with Crippen LogP contribution in [0.25, 0.3) is 21.8 Å². The fourth-order valence-corrected chi connectivity index (χ4v) is 9.84. The van der Waals surface area contributed by atoms with E-state index in [1.807, 2.05) is 0 Å². The molecule has 0 aliphatic rings. The second-order valence-electron chi connectivity index (χ2n) is 8.51. The molecule has 0 N–H and O–H groups in total. The smallest absolute Gasteiger partial charge is 0.201 e. The molecule has 0 bridgehead atoms. The quantitative estimate of drug-likeness (QED) is 0.298. The molecule has 158 valence electrons. The molecule has 2 aromatic heterocycles. The van der Waals surface area contributed by atoms with Crippen molar-refractivity contribution in [3.8, 4) is 0 Å². The number of aryl methyl sites for hydroxylation is 1. The van der Waals surface area contributed by atoms with E-state index in [2.05, 4.69) is 139 Å². The molecule has 0 radical (unpaired) electrons. The predicted molar refractivity (Wildman–Crippen MR) is 142 cm³/mol. The summed E-state index contributed by atoms with van der Waals surface area (Å²) in [5.74, 6) is 0. The number of benzene rings is 4. The van der Waals surface area contributed by atoms with Gasteiger partial charge in [-0.25, -0.2) is 0 Å². The van der Waals surface area contributed by atoms with Gasteiger partial charge in [0.1, 0.15) is 0 Å². The summed E-state index contributed by atoms with van der Waals surface area (Å²) < 4.78 is 2.30. The van der Waals surface area contributed by atoms with Gasteiger partial charge in [0.15, 0.2) is 0 Å². The molecule has 0 aliphatic carbocycles. The highest BCUT2D eigenvalue weighted by Gasteiger charge is 2.43. The lowest BCUT2D eigenvalue weighted by atomic mass is 10.2. The SMILES string of the molecule is Cn1c2ccccc2c2cnc([Si](c3ccccc3)(c3ccccc3)c3ccccc3)cc21. The third-order valence-electron chi connectivity index (χ3n) is 6.80. The van der Waals surface area contributed by atoms with Crippen LogP contribution in [0.5, 0.6) is 0 Å². The molecule has 2 heterocycles. The second-order valence-corrected chi connectivity index (χ2v) is 12.3. The Kier molecular flexibility index (Phi) is 4.70. The van der Waals surface area contributed by atoms with Crippen molar-refractivity contribution in [1.29, 1.82) is 0 Å². The van der Waals surface area contributed by atoms with E-state index in [9.17, 15) is 0 Å². The van der Waals surface area contributed by atoms with Crippen molar-refractivity contribution in [2.75, 3.05) is 0 Å². The maximum absolute atomic E-state index is 5.22. The van der Waals surface area contributed by atoms with Gasteiger partial charge in [-0.3, -0.25) is 4.98 Å². The second kappa shape index (κ2) is 7.87. The maximum Gasteiger partial charge on any atom is 0.201 e. The average Bonchev–Trinajstić information content (AvgIpc) is 3.18. The molecule has 6 rings (SSSR count). The third-order valence-corrected chi connectivity index (χ3v) is 11.4. The van der Waals surface area contributed by atoms with Gasteiger partial charge in [-0.1, -0.05) is 109 Å². The Labute approximate surface area is 194 Å². The van der Waals surface area contributed by atoms with Crippen LogP contribution >= 0.6 is 0 Å². The summed E-state index contributed by atoms with van der Waals surface area (Å²) in [4.78, 5) is 5.22. The van der Waals surface area contributed by atoms with Gasteiger partial charge in [0.05, 0.1) is 5.52 Å². The summed E-state index contributed by atoms with van der Waals surface area (Å²) in [5.41, 5.74) is 2.46. The topological polar surface area (TPSA) is 17.8 Å². The number of nitrogens with zero attached hydrogens (tertiary/aromatic N) is 2. The van der Waals surface area contributed by atoms with Crippen LogP contribution in [0.4, 0.5) is 0 Å². The first kappa shape index (κ1) is 19.7. The lowest BCUT2D eigenvalue weighted by Gasteiger charge is -2.33. The van der Waals surface area contributed by atoms with Gasteiger partial charge in [0.25, 0.3) is 0 Å². The van der Waals surface area contributed by atoms with Crippen LogP contribution in [-0.4, -0.2) is 17.6 Å². The molecule has 0 spiro atoms. The van der Waals surface area contributed by atoms with Crippen molar-refractivity contribution >= 4 is 50.8 Å². The van der Waals surface area contributed by atoms with Crippen LogP contribution in [0.15, 0.2) is 128 Å². The summed E-state index contributed by atoms with van der Waals surface area (Å²) in [5, 5.41) is 7.63. The highest BCUT2D eigenvalue weighted by molar-refractivity contribution is 7.19. The highest BCUT2D eigenvalue weighted by atomic mass is 28.3. The fraction of sp³-hybridized carbons (Fsp3) is 0.0333. The summed E-state index contributed by atoms with van der Waals surface area (Å²) >= 11 is 0. The molecule has 0 amide bonds. The zero-order valence-electron chi connectivity index (χ0n) is 18.5. The first-order chi connectivity index (χ1) is 16.3. The molecular formula is C30H24N2Si. The number of hydrogen-bond acceptors (Lipinski definition) is 1. The molecule has 6 aromatic rings. The molecule has 0 saturated heterocycles. The number of fused-ring (bicyclic) bond motifs is 3. The standard InChI is InChI=1S/C30H24N2Si/c1-32-28-20-12-11-19-26(28)27-22-31-30(21-29(27)32)33(23-13-5-2-6-14-23,24-15-7-3-8-16-24)25-17-9-4-10-18-25/h2-22H,1H3. The molecule has 2 nitrogen and oxygen atoms in total. The Morgan fingerprint density at radius 2 is 1.03 bits per heavy atom. The van der Waals surface area contributed by atoms with Crippen LogP contribution in [-0.2, 0) is 7.05 Å². The summed E-state index contributed by atoms with van der Waals surface area (Å²) in [7, 11) is -0.455.